The lowest BCUT2D eigenvalue weighted by Crippen LogP contribution is -1.90. The summed E-state index contributed by atoms with van der Waals surface area (Å²) in [5.74, 6) is 0. The normalized spacial score (nSPS) is 10.7. The van der Waals surface area contributed by atoms with Crippen LogP contribution in [0.25, 0.3) is 0 Å². The second-order valence-corrected chi connectivity index (χ2v) is 4.45. The van der Waals surface area contributed by atoms with E-state index in [-0.39, 0.29) is 4.84 Å². The van der Waals surface area contributed by atoms with Gasteiger partial charge in [-0.1, -0.05) is 23.2 Å². The molecule has 0 aromatic heterocycles. The minimum atomic E-state index is -2.06. The van der Waals surface area contributed by atoms with Gasteiger partial charge in [-0.2, -0.15) is 0 Å². The Bertz CT molecular complexity index is 49.3. The van der Waals surface area contributed by atoms with Crippen molar-refractivity contribution in [3.8, 4) is 0 Å². The predicted octanol–water partition coefficient (Wildman–Crippen LogP) is 3.92. The molecule has 0 radical (unpaired) electrons. The van der Waals surface area contributed by atoms with Crippen LogP contribution in [-0.2, 0) is 0 Å². The highest BCUT2D eigenvalue weighted by atomic mass is 35.5. The molecule has 9 heavy (non-hydrogen) atoms. The maximum atomic E-state index is 11.2. The molecule has 0 heterocycles. The number of rotatable bonds is 0. The minimum Gasteiger partial charge on any atom is -0.208 e. The van der Waals surface area contributed by atoms with Gasteiger partial charge in [-0.05, 0) is 13.8 Å². The lowest BCUT2D eigenvalue weighted by molar-refractivity contribution is 0.424. The Labute approximate surface area is 74.2 Å². The summed E-state index contributed by atoms with van der Waals surface area (Å²) in [6, 6.07) is 0. The van der Waals surface area contributed by atoms with Gasteiger partial charge in [0.2, 0.25) is 0 Å². The van der Waals surface area contributed by atoms with Crippen LogP contribution in [0, 0.1) is 0 Å². The van der Waals surface area contributed by atoms with E-state index in [1.807, 2.05) is 0 Å². The molecule has 0 amide bonds. The molecule has 0 unspecified atom stereocenters. The first kappa shape index (κ1) is 12.7. The average molecular weight is 216 g/mol. The summed E-state index contributed by atoms with van der Waals surface area (Å²) in [5.41, 5.74) is 0. The monoisotopic (exact) mass is 214 g/mol. The van der Waals surface area contributed by atoms with Gasteiger partial charge in [0.1, 0.15) is 4.84 Å². The molecule has 0 aliphatic heterocycles. The molecule has 0 atom stereocenters. The van der Waals surface area contributed by atoms with E-state index < -0.39 is 4.59 Å². The van der Waals surface area contributed by atoms with E-state index in [1.54, 1.807) is 6.92 Å². The van der Waals surface area contributed by atoms with Crippen LogP contribution in [0.1, 0.15) is 13.8 Å². The lowest BCUT2D eigenvalue weighted by atomic mass is 10.9. The van der Waals surface area contributed by atoms with Crippen molar-refractivity contribution < 1.29 is 4.39 Å². The number of hydrogen-bond donors (Lipinski definition) is 0. The Kier molecular flexibility index (Phi) is 8.27. The van der Waals surface area contributed by atoms with Gasteiger partial charge in [0, 0.05) is 0 Å². The Morgan fingerprint density at radius 1 is 1.33 bits per heavy atom. The molecular formula is C4H7Cl4F. The Morgan fingerprint density at radius 2 is 1.33 bits per heavy atom. The Hall–Kier alpha value is 1.09. The van der Waals surface area contributed by atoms with E-state index in [0.717, 1.165) is 6.92 Å². The number of alkyl halides is 5. The lowest BCUT2D eigenvalue weighted by Gasteiger charge is -1.92. The summed E-state index contributed by atoms with van der Waals surface area (Å²) in [7, 11) is 0. The first-order chi connectivity index (χ1) is 3.73. The highest BCUT2D eigenvalue weighted by molar-refractivity contribution is 6.46. The molecule has 0 aliphatic rings. The van der Waals surface area contributed by atoms with Gasteiger partial charge in [0.25, 0.3) is 4.59 Å². The van der Waals surface area contributed by atoms with Crippen molar-refractivity contribution >= 4 is 46.4 Å². The van der Waals surface area contributed by atoms with Gasteiger partial charge in [0.05, 0.1) is 0 Å². The third kappa shape index (κ3) is 385. The molecule has 0 nitrogen and oxygen atoms in total. The molecule has 0 bridgehead atoms. The Morgan fingerprint density at radius 3 is 1.33 bits per heavy atom. The zero-order chi connectivity index (χ0) is 8.08. The molecule has 0 rings (SSSR count). The molecule has 5 heteroatoms. The van der Waals surface area contributed by atoms with E-state index in [1.165, 1.54) is 0 Å². The summed E-state index contributed by atoms with van der Waals surface area (Å²) >= 11 is 19.3. The first-order valence-corrected chi connectivity index (χ1v) is 3.71. The van der Waals surface area contributed by atoms with Crippen molar-refractivity contribution in [1.82, 2.24) is 0 Å². The van der Waals surface area contributed by atoms with E-state index in [4.69, 9.17) is 23.2 Å². The number of halogens is 5. The van der Waals surface area contributed by atoms with Crippen LogP contribution in [0.2, 0.25) is 0 Å². The average Bonchev–Trinajstić information content (AvgIpc) is 1.19. The molecule has 0 aromatic rings. The summed E-state index contributed by atoms with van der Waals surface area (Å²) < 4.78 is 9.16. The van der Waals surface area contributed by atoms with Crippen molar-refractivity contribution in [2.24, 2.45) is 0 Å². The van der Waals surface area contributed by atoms with Crippen molar-refractivity contribution in [2.45, 2.75) is 23.3 Å². The molecule has 0 saturated carbocycles. The smallest absolute Gasteiger partial charge is 0.208 e. The van der Waals surface area contributed by atoms with Gasteiger partial charge in [-0.15, -0.1) is 23.2 Å². The summed E-state index contributed by atoms with van der Waals surface area (Å²) in [6.45, 7) is 2.75. The Balaban J connectivity index is 0. The summed E-state index contributed by atoms with van der Waals surface area (Å²) in [5, 5.41) is 0. The highest BCUT2D eigenvalue weighted by Gasteiger charge is 2.09. The molecule has 58 valence electrons. The summed E-state index contributed by atoms with van der Waals surface area (Å²) in [4.78, 5) is -0.222. The van der Waals surface area contributed by atoms with Crippen LogP contribution in [-0.4, -0.2) is 9.42 Å². The van der Waals surface area contributed by atoms with Crippen LogP contribution in [0.5, 0.6) is 0 Å². The summed E-state index contributed by atoms with van der Waals surface area (Å²) in [6.07, 6.45) is 0. The quantitative estimate of drug-likeness (QED) is 0.538. The van der Waals surface area contributed by atoms with Crippen LogP contribution in [0.15, 0.2) is 0 Å². The second-order valence-electron chi connectivity index (χ2n) is 1.30. The molecular weight excluding hydrogens is 209 g/mol. The van der Waals surface area contributed by atoms with Crippen LogP contribution < -0.4 is 0 Å². The zero-order valence-corrected chi connectivity index (χ0v) is 7.99. The second kappa shape index (κ2) is 5.84. The third-order valence-corrected chi connectivity index (χ3v) is 0. The third-order valence-electron chi connectivity index (χ3n) is 0. The fourth-order valence-electron chi connectivity index (χ4n) is 0. The van der Waals surface area contributed by atoms with E-state index in [0.29, 0.717) is 0 Å². The number of hydrogen-bond acceptors (Lipinski definition) is 0. The van der Waals surface area contributed by atoms with Gasteiger partial charge < -0.3 is 0 Å². The van der Waals surface area contributed by atoms with E-state index in [9.17, 15) is 4.39 Å². The standard InChI is InChI=1S/C2H3Cl2F.C2H4Cl2/c1-2(3,4)5;1-2(3)4/h1H3;2H,1H3. The van der Waals surface area contributed by atoms with E-state index >= 15 is 0 Å². The zero-order valence-electron chi connectivity index (χ0n) is 4.97. The van der Waals surface area contributed by atoms with Crippen molar-refractivity contribution in [3.05, 3.63) is 0 Å². The largest absolute Gasteiger partial charge is 0.254 e. The predicted molar refractivity (Wildman–Crippen MR) is 42.4 cm³/mol. The topological polar surface area (TPSA) is 0 Å². The molecule has 0 N–H and O–H groups in total. The van der Waals surface area contributed by atoms with Gasteiger partial charge in [-0.3, -0.25) is 0 Å². The maximum Gasteiger partial charge on any atom is 0.254 e. The van der Waals surface area contributed by atoms with Crippen LogP contribution >= 0.6 is 46.4 Å². The molecule has 0 aliphatic carbocycles. The van der Waals surface area contributed by atoms with Crippen molar-refractivity contribution in [2.75, 3.05) is 0 Å². The molecule has 0 aromatic carbocycles. The molecule has 0 fully saturated rings. The van der Waals surface area contributed by atoms with Crippen LogP contribution in [0.3, 0.4) is 0 Å². The molecule has 0 spiro atoms. The van der Waals surface area contributed by atoms with Crippen molar-refractivity contribution in [3.63, 3.8) is 0 Å². The maximum absolute atomic E-state index is 11.2. The van der Waals surface area contributed by atoms with Gasteiger partial charge in [-0.25, -0.2) is 4.39 Å². The molecule has 0 saturated heterocycles. The SMILES string of the molecule is CC(Cl)Cl.CC(F)(Cl)Cl. The van der Waals surface area contributed by atoms with Gasteiger partial charge >= 0.3 is 0 Å². The van der Waals surface area contributed by atoms with Gasteiger partial charge in [0.15, 0.2) is 0 Å². The van der Waals surface area contributed by atoms with Crippen molar-refractivity contribution in [1.29, 1.82) is 0 Å². The fourth-order valence-corrected chi connectivity index (χ4v) is 0. The minimum absolute atomic E-state index is 0.222. The van der Waals surface area contributed by atoms with Crippen LogP contribution in [0.4, 0.5) is 4.39 Å². The highest BCUT2D eigenvalue weighted by Crippen LogP contribution is 2.19. The first-order valence-electron chi connectivity index (χ1n) is 2.08. The fraction of sp³-hybridized carbons (Fsp3) is 1.00. The van der Waals surface area contributed by atoms with E-state index in [2.05, 4.69) is 23.2 Å².